The maximum absolute atomic E-state index is 10.8. The summed E-state index contributed by atoms with van der Waals surface area (Å²) in [5.41, 5.74) is 2.56. The van der Waals surface area contributed by atoms with Gasteiger partial charge in [0, 0.05) is 5.92 Å². The number of nitrogens with zero attached hydrogens (tertiary/aromatic N) is 1. The monoisotopic (exact) mass is 361 g/mol. The lowest BCUT2D eigenvalue weighted by Crippen LogP contribution is -3.00. The molecule has 0 aliphatic carbocycles. The molecule has 0 bridgehead atoms. The molecule has 0 spiro atoms. The maximum Gasteiger partial charge on any atom is 0.105 e. The van der Waals surface area contributed by atoms with E-state index in [1.54, 1.807) is 0 Å². The van der Waals surface area contributed by atoms with Crippen LogP contribution in [0.5, 0.6) is 0 Å². The predicted molar refractivity (Wildman–Crippen MR) is 102 cm³/mol. The van der Waals surface area contributed by atoms with Crippen molar-refractivity contribution in [1.29, 1.82) is 0 Å². The van der Waals surface area contributed by atoms with Gasteiger partial charge in [0.2, 0.25) is 0 Å². The minimum atomic E-state index is -0.299. The normalized spacial score (nSPS) is 14.6. The Morgan fingerprint density at radius 2 is 1.36 bits per heavy atom. The molecule has 2 nitrogen and oxygen atoms in total. The topological polar surface area (TPSA) is 20.2 Å². The van der Waals surface area contributed by atoms with E-state index in [2.05, 4.69) is 69.4 Å². The number of rotatable bonds is 9. The fraction of sp³-hybridized carbons (Fsp3) is 0.455. The molecule has 2 rings (SSSR count). The summed E-state index contributed by atoms with van der Waals surface area (Å²) in [4.78, 5) is 0. The molecule has 25 heavy (non-hydrogen) atoms. The third-order valence-corrected chi connectivity index (χ3v) is 5.09. The van der Waals surface area contributed by atoms with Gasteiger partial charge in [-0.25, -0.2) is 0 Å². The van der Waals surface area contributed by atoms with Gasteiger partial charge in [0.05, 0.1) is 20.1 Å². The molecule has 0 saturated carbocycles. The Labute approximate surface area is 159 Å². The molecule has 2 atom stereocenters. The molecule has 0 aromatic heterocycles. The minimum Gasteiger partial charge on any atom is -1.00 e. The van der Waals surface area contributed by atoms with Crippen LogP contribution in [0, 0.1) is 0 Å². The molecule has 0 saturated heterocycles. The molecule has 138 valence electrons. The lowest BCUT2D eigenvalue weighted by atomic mass is 9.86. The van der Waals surface area contributed by atoms with Crippen molar-refractivity contribution in [2.45, 2.75) is 38.7 Å². The van der Waals surface area contributed by atoms with Crippen molar-refractivity contribution >= 4 is 0 Å². The molecule has 0 radical (unpaired) electrons. The van der Waals surface area contributed by atoms with E-state index in [9.17, 15) is 5.11 Å². The largest absolute Gasteiger partial charge is 1.00 e. The molecule has 3 heteroatoms. The third-order valence-electron chi connectivity index (χ3n) is 5.09. The summed E-state index contributed by atoms with van der Waals surface area (Å²) in [5.74, 6) is 0.245. The van der Waals surface area contributed by atoms with Crippen LogP contribution in [0.15, 0.2) is 60.7 Å². The highest BCUT2D eigenvalue weighted by molar-refractivity contribution is 5.32. The Bertz CT molecular complexity index is 550. The predicted octanol–water partition coefficient (Wildman–Crippen LogP) is 1.45. The third kappa shape index (κ3) is 6.47. The van der Waals surface area contributed by atoms with Crippen molar-refractivity contribution in [2.75, 3.05) is 26.7 Å². The molecular weight excluding hydrogens is 330 g/mol. The zero-order valence-electron chi connectivity index (χ0n) is 15.7. The molecular formula is C22H32ClNO. The van der Waals surface area contributed by atoms with Crippen LogP contribution < -0.4 is 12.4 Å². The highest BCUT2D eigenvalue weighted by Gasteiger charge is 2.26. The number of halogens is 1. The number of aliphatic hydroxyl groups is 1. The summed E-state index contributed by atoms with van der Waals surface area (Å²) in [7, 11) is 2.26. The van der Waals surface area contributed by atoms with Gasteiger partial charge < -0.3 is 22.0 Å². The Morgan fingerprint density at radius 3 is 1.76 bits per heavy atom. The van der Waals surface area contributed by atoms with Gasteiger partial charge in [0.15, 0.2) is 0 Å². The van der Waals surface area contributed by atoms with Crippen molar-refractivity contribution in [3.63, 3.8) is 0 Å². The van der Waals surface area contributed by atoms with Gasteiger partial charge >= 0.3 is 0 Å². The van der Waals surface area contributed by atoms with E-state index in [4.69, 9.17) is 0 Å². The van der Waals surface area contributed by atoms with Crippen LogP contribution in [0.25, 0.3) is 0 Å². The number of hydrogen-bond donors (Lipinski definition) is 1. The average Bonchev–Trinajstić information content (AvgIpc) is 2.61. The first-order valence-electron chi connectivity index (χ1n) is 9.19. The summed E-state index contributed by atoms with van der Waals surface area (Å²) in [6, 6.07) is 21.1. The van der Waals surface area contributed by atoms with E-state index in [0.29, 0.717) is 0 Å². The average molecular weight is 362 g/mol. The second-order valence-corrected chi connectivity index (χ2v) is 7.11. The fourth-order valence-corrected chi connectivity index (χ4v) is 3.61. The van der Waals surface area contributed by atoms with Crippen LogP contribution in [-0.2, 0) is 0 Å². The molecule has 0 aliphatic rings. The van der Waals surface area contributed by atoms with E-state index < -0.39 is 0 Å². The highest BCUT2D eigenvalue weighted by Crippen LogP contribution is 2.29. The number of benzene rings is 2. The summed E-state index contributed by atoms with van der Waals surface area (Å²) in [6.07, 6.45) is 1.62. The summed E-state index contributed by atoms with van der Waals surface area (Å²) < 4.78 is 0.938. The molecule has 2 aromatic rings. The van der Waals surface area contributed by atoms with Gasteiger partial charge in [-0.2, -0.15) is 0 Å². The van der Waals surface area contributed by atoms with Crippen LogP contribution in [0.3, 0.4) is 0 Å². The minimum absolute atomic E-state index is 0. The molecule has 0 aliphatic heterocycles. The van der Waals surface area contributed by atoms with E-state index in [-0.39, 0.29) is 24.4 Å². The SMILES string of the molecule is CCC[N+](C)(CC)CC(O)CC(c1ccccc1)c1ccccc1.[Cl-]. The Morgan fingerprint density at radius 1 is 0.880 bits per heavy atom. The number of quaternary nitrogens is 1. The Balaban J connectivity index is 0.00000312. The standard InChI is InChI=1S/C22H32NO.ClH/c1-4-16-23(3,5-2)18-21(24)17-22(19-12-8-6-9-13-19)20-14-10-7-11-15-20;/h6-15,21-22,24H,4-5,16-18H2,1-3H3;1H/q+1;/p-1. The van der Waals surface area contributed by atoms with Crippen LogP contribution >= 0.6 is 0 Å². The second kappa shape index (κ2) is 10.6. The Hall–Kier alpha value is -1.35. The lowest BCUT2D eigenvalue weighted by molar-refractivity contribution is -0.910. The van der Waals surface area contributed by atoms with Gasteiger partial charge in [-0.15, -0.1) is 0 Å². The van der Waals surface area contributed by atoms with E-state index >= 15 is 0 Å². The van der Waals surface area contributed by atoms with Crippen molar-refractivity contribution in [3.05, 3.63) is 71.8 Å². The quantitative estimate of drug-likeness (QED) is 0.670. The first kappa shape index (κ1) is 21.7. The molecule has 0 fully saturated rings. The van der Waals surface area contributed by atoms with Crippen molar-refractivity contribution in [3.8, 4) is 0 Å². The van der Waals surface area contributed by atoms with Gasteiger partial charge in [0.25, 0.3) is 0 Å². The van der Waals surface area contributed by atoms with Crippen LogP contribution in [0.2, 0.25) is 0 Å². The molecule has 1 N–H and O–H groups in total. The van der Waals surface area contributed by atoms with E-state index in [1.165, 1.54) is 11.1 Å². The number of hydrogen-bond acceptors (Lipinski definition) is 1. The first-order chi connectivity index (χ1) is 11.6. The van der Waals surface area contributed by atoms with Crippen molar-refractivity contribution < 1.29 is 22.0 Å². The highest BCUT2D eigenvalue weighted by atomic mass is 35.5. The fourth-order valence-electron chi connectivity index (χ4n) is 3.61. The summed E-state index contributed by atoms with van der Waals surface area (Å²) >= 11 is 0. The van der Waals surface area contributed by atoms with Gasteiger partial charge in [-0.1, -0.05) is 67.6 Å². The van der Waals surface area contributed by atoms with Crippen LogP contribution in [0.4, 0.5) is 0 Å². The molecule has 0 heterocycles. The molecule has 0 amide bonds. The second-order valence-electron chi connectivity index (χ2n) is 7.11. The van der Waals surface area contributed by atoms with Crippen LogP contribution in [0.1, 0.15) is 43.7 Å². The first-order valence-corrected chi connectivity index (χ1v) is 9.19. The van der Waals surface area contributed by atoms with E-state index in [1.807, 2.05) is 12.1 Å². The number of likely N-dealkylation sites (N-methyl/N-ethyl adjacent to an activating group) is 1. The maximum atomic E-state index is 10.8. The van der Waals surface area contributed by atoms with Gasteiger partial charge in [-0.3, -0.25) is 0 Å². The van der Waals surface area contributed by atoms with Gasteiger partial charge in [-0.05, 0) is 30.9 Å². The molecule has 2 aromatic carbocycles. The summed E-state index contributed by atoms with van der Waals surface area (Å²) in [5, 5.41) is 10.8. The lowest BCUT2D eigenvalue weighted by Gasteiger charge is -2.35. The Kier molecular flexibility index (Phi) is 9.20. The zero-order chi connectivity index (χ0) is 17.4. The van der Waals surface area contributed by atoms with Gasteiger partial charge in [0.1, 0.15) is 12.6 Å². The smallest absolute Gasteiger partial charge is 0.105 e. The van der Waals surface area contributed by atoms with E-state index in [0.717, 1.165) is 37.0 Å². The number of aliphatic hydroxyl groups excluding tert-OH is 1. The summed E-state index contributed by atoms with van der Waals surface area (Å²) in [6.45, 7) is 7.44. The van der Waals surface area contributed by atoms with Crippen LogP contribution in [-0.4, -0.2) is 42.4 Å². The zero-order valence-corrected chi connectivity index (χ0v) is 16.5. The van der Waals surface area contributed by atoms with Crippen molar-refractivity contribution in [1.82, 2.24) is 0 Å². The molecule has 2 unspecified atom stereocenters. The van der Waals surface area contributed by atoms with Crippen molar-refractivity contribution in [2.24, 2.45) is 0 Å².